The van der Waals surface area contributed by atoms with E-state index < -0.39 is 19.5 Å². The van der Waals surface area contributed by atoms with E-state index in [-0.39, 0.29) is 23.3 Å². The molecule has 0 radical (unpaired) electrons. The molecule has 1 aliphatic rings. The van der Waals surface area contributed by atoms with Crippen LogP contribution in [0.3, 0.4) is 0 Å². The van der Waals surface area contributed by atoms with E-state index in [2.05, 4.69) is 39.2 Å². The molecule has 1 aliphatic heterocycles. The zero-order valence-electron chi connectivity index (χ0n) is 22.8. The summed E-state index contributed by atoms with van der Waals surface area (Å²) in [4.78, 5) is 25.0. The minimum absolute atomic E-state index is 0.0303. The number of fused-ring (bicyclic) bond motifs is 1. The van der Waals surface area contributed by atoms with Gasteiger partial charge in [-0.25, -0.2) is 14.4 Å². The number of para-hydroxylation sites is 3. The molecule has 7 nitrogen and oxygen atoms in total. The first kappa shape index (κ1) is 26.8. The average Bonchev–Trinajstić information content (AvgIpc) is 3.03. The molecule has 2 heterocycles. The van der Waals surface area contributed by atoms with Crippen molar-refractivity contribution in [1.29, 1.82) is 0 Å². The Morgan fingerprint density at radius 2 is 1.65 bits per heavy atom. The fraction of sp³-hybridized carbons (Fsp3) is 0.393. The van der Waals surface area contributed by atoms with Crippen molar-refractivity contribution < 1.29 is 18.3 Å². The SMILES string of the molecule is CNc1nc(CO[Si](C)(C)C(C)(C)C)nc2c1C(C)(C)C(=O)N2c1ccccc1Oc1ccccc1F. The summed E-state index contributed by atoms with van der Waals surface area (Å²) in [7, 11) is -0.280. The Hall–Kier alpha value is -3.30. The second kappa shape index (κ2) is 9.53. The molecule has 0 aliphatic carbocycles. The van der Waals surface area contributed by atoms with Crippen LogP contribution in [0.2, 0.25) is 18.1 Å². The summed E-state index contributed by atoms with van der Waals surface area (Å²) in [6, 6.07) is 13.2. The van der Waals surface area contributed by atoms with Gasteiger partial charge < -0.3 is 14.5 Å². The highest BCUT2D eigenvalue weighted by Gasteiger charge is 2.49. The van der Waals surface area contributed by atoms with Crippen molar-refractivity contribution in [3.8, 4) is 11.5 Å². The fourth-order valence-corrected chi connectivity index (χ4v) is 4.94. The van der Waals surface area contributed by atoms with Crippen LogP contribution < -0.4 is 15.0 Å². The lowest BCUT2D eigenvalue weighted by molar-refractivity contribution is -0.121. The third kappa shape index (κ3) is 4.85. The van der Waals surface area contributed by atoms with Crippen LogP contribution in [0.1, 0.15) is 46.0 Å². The minimum Gasteiger partial charge on any atom is -0.452 e. The molecule has 4 rings (SSSR count). The van der Waals surface area contributed by atoms with Gasteiger partial charge in [-0.2, -0.15) is 0 Å². The number of aromatic nitrogens is 2. The molecule has 3 aromatic rings. The van der Waals surface area contributed by atoms with E-state index in [4.69, 9.17) is 19.1 Å². The topological polar surface area (TPSA) is 76.6 Å². The zero-order valence-corrected chi connectivity index (χ0v) is 23.8. The first-order valence-corrected chi connectivity index (χ1v) is 15.3. The molecule has 37 heavy (non-hydrogen) atoms. The Kier molecular flexibility index (Phi) is 6.89. The number of hydrogen-bond donors (Lipinski definition) is 1. The monoisotopic (exact) mass is 522 g/mol. The van der Waals surface area contributed by atoms with Gasteiger partial charge in [0.25, 0.3) is 0 Å². The molecule has 9 heteroatoms. The molecule has 0 saturated carbocycles. The third-order valence-corrected chi connectivity index (χ3v) is 11.8. The molecule has 0 fully saturated rings. The molecule has 196 valence electrons. The second-order valence-electron chi connectivity index (χ2n) is 11.3. The molecule has 0 bridgehead atoms. The van der Waals surface area contributed by atoms with Crippen LogP contribution in [-0.2, 0) is 21.2 Å². The summed E-state index contributed by atoms with van der Waals surface area (Å²) in [6.07, 6.45) is 0. The van der Waals surface area contributed by atoms with E-state index in [1.54, 1.807) is 48.3 Å². The highest BCUT2D eigenvalue weighted by atomic mass is 28.4. The first-order valence-electron chi connectivity index (χ1n) is 12.4. The van der Waals surface area contributed by atoms with E-state index in [0.717, 1.165) is 0 Å². The predicted molar refractivity (Wildman–Crippen MR) is 147 cm³/mol. The summed E-state index contributed by atoms with van der Waals surface area (Å²) in [5, 5.41) is 3.18. The standard InChI is InChI=1S/C28H35FN4O3Si/c1-27(2,3)37(7,8)35-17-22-31-24(30-6)23-25(32-22)33(26(34)28(23,4)5)19-14-10-12-16-21(19)36-20-15-11-9-13-18(20)29/h9-16H,17H2,1-8H3,(H,30,31,32). The van der Waals surface area contributed by atoms with Crippen LogP contribution in [0.15, 0.2) is 48.5 Å². The maximum absolute atomic E-state index is 14.4. The van der Waals surface area contributed by atoms with Crippen LogP contribution in [0, 0.1) is 5.82 Å². The van der Waals surface area contributed by atoms with E-state index in [1.165, 1.54) is 6.07 Å². The lowest BCUT2D eigenvalue weighted by Crippen LogP contribution is -2.40. The maximum atomic E-state index is 14.4. The van der Waals surface area contributed by atoms with E-state index in [9.17, 15) is 9.18 Å². The quantitative estimate of drug-likeness (QED) is 0.339. The number of benzene rings is 2. The number of ether oxygens (including phenoxy) is 1. The van der Waals surface area contributed by atoms with Crippen molar-refractivity contribution in [2.75, 3.05) is 17.3 Å². The summed E-state index contributed by atoms with van der Waals surface area (Å²) < 4.78 is 26.7. The molecular formula is C28H35FN4O3Si. The fourth-order valence-electron chi connectivity index (χ4n) is 4.02. The van der Waals surface area contributed by atoms with E-state index in [0.29, 0.717) is 34.5 Å². The lowest BCUT2D eigenvalue weighted by atomic mass is 9.87. The minimum atomic E-state index is -2.06. The molecule has 1 amide bonds. The third-order valence-electron chi connectivity index (χ3n) is 7.28. The summed E-state index contributed by atoms with van der Waals surface area (Å²) in [5.74, 6) is 1.27. The first-order chi connectivity index (χ1) is 17.3. The van der Waals surface area contributed by atoms with Crippen molar-refractivity contribution in [2.45, 2.75) is 64.8 Å². The van der Waals surface area contributed by atoms with Gasteiger partial charge in [-0.1, -0.05) is 45.0 Å². The van der Waals surface area contributed by atoms with Crippen molar-refractivity contribution in [1.82, 2.24) is 9.97 Å². The Labute approximate surface area is 219 Å². The van der Waals surface area contributed by atoms with Gasteiger partial charge in [0, 0.05) is 7.05 Å². The molecule has 0 atom stereocenters. The van der Waals surface area contributed by atoms with Crippen molar-refractivity contribution in [3.05, 3.63) is 65.7 Å². The van der Waals surface area contributed by atoms with Gasteiger partial charge in [-0.05, 0) is 56.2 Å². The normalized spacial score (nSPS) is 15.1. The predicted octanol–water partition coefficient (Wildman–Crippen LogP) is 6.93. The van der Waals surface area contributed by atoms with Crippen LogP contribution in [-0.4, -0.2) is 31.2 Å². The molecular weight excluding hydrogens is 487 g/mol. The average molecular weight is 523 g/mol. The molecule has 0 spiro atoms. The number of rotatable bonds is 7. The zero-order chi connectivity index (χ0) is 27.2. The molecule has 0 saturated heterocycles. The summed E-state index contributed by atoms with van der Waals surface area (Å²) in [5.41, 5.74) is 0.258. The van der Waals surface area contributed by atoms with Gasteiger partial charge >= 0.3 is 0 Å². The van der Waals surface area contributed by atoms with Gasteiger partial charge in [0.15, 0.2) is 31.5 Å². The maximum Gasteiger partial charge on any atom is 0.243 e. The number of anilines is 3. The highest BCUT2D eigenvalue weighted by Crippen LogP contribution is 2.49. The number of halogens is 1. The molecule has 2 aromatic carbocycles. The smallest absolute Gasteiger partial charge is 0.243 e. The Morgan fingerprint density at radius 1 is 1.03 bits per heavy atom. The number of hydrogen-bond acceptors (Lipinski definition) is 6. The van der Waals surface area contributed by atoms with Crippen molar-refractivity contribution in [3.63, 3.8) is 0 Å². The number of nitrogens with one attached hydrogen (secondary N) is 1. The van der Waals surface area contributed by atoms with Crippen LogP contribution in [0.5, 0.6) is 11.5 Å². The van der Waals surface area contributed by atoms with E-state index in [1.807, 2.05) is 19.9 Å². The lowest BCUT2D eigenvalue weighted by Gasteiger charge is -2.35. The van der Waals surface area contributed by atoms with Gasteiger partial charge in [0.1, 0.15) is 11.6 Å². The molecule has 0 unspecified atom stereocenters. The Morgan fingerprint density at radius 3 is 2.27 bits per heavy atom. The van der Waals surface area contributed by atoms with Gasteiger partial charge in [0.2, 0.25) is 5.91 Å². The second-order valence-corrected chi connectivity index (χ2v) is 16.1. The van der Waals surface area contributed by atoms with Crippen molar-refractivity contribution >= 4 is 31.5 Å². The van der Waals surface area contributed by atoms with Gasteiger partial charge in [-0.15, -0.1) is 0 Å². The van der Waals surface area contributed by atoms with Gasteiger partial charge in [-0.3, -0.25) is 9.69 Å². The molecule has 1 aromatic heterocycles. The number of nitrogens with zero attached hydrogens (tertiary/aromatic N) is 3. The Balaban J connectivity index is 1.81. The number of carbonyl (C=O) groups is 1. The van der Waals surface area contributed by atoms with Crippen LogP contribution in [0.4, 0.5) is 21.7 Å². The van der Waals surface area contributed by atoms with Crippen LogP contribution in [0.25, 0.3) is 0 Å². The van der Waals surface area contributed by atoms with Gasteiger partial charge in [0.05, 0.1) is 23.3 Å². The largest absolute Gasteiger partial charge is 0.452 e. The number of amides is 1. The van der Waals surface area contributed by atoms with E-state index >= 15 is 0 Å². The van der Waals surface area contributed by atoms with Crippen molar-refractivity contribution in [2.24, 2.45) is 0 Å². The number of carbonyl (C=O) groups excluding carboxylic acids is 1. The highest BCUT2D eigenvalue weighted by molar-refractivity contribution is 6.74. The molecule has 1 N–H and O–H groups in total. The summed E-state index contributed by atoms with van der Waals surface area (Å²) in [6.45, 7) is 14.8. The van der Waals surface area contributed by atoms with Crippen LogP contribution >= 0.6 is 0 Å². The Bertz CT molecular complexity index is 1340. The summed E-state index contributed by atoms with van der Waals surface area (Å²) >= 11 is 0.